The van der Waals surface area contributed by atoms with E-state index in [-0.39, 0.29) is 48.5 Å². The Kier molecular flexibility index (Phi) is 20.9. The molecule has 2 saturated heterocycles. The van der Waals surface area contributed by atoms with Crippen molar-refractivity contribution >= 4 is 59.7 Å². The summed E-state index contributed by atoms with van der Waals surface area (Å²) in [6.45, 7) is -3.19. The van der Waals surface area contributed by atoms with Crippen molar-refractivity contribution in [3.8, 4) is 223 Å². The standard InChI is InChI=1S/C82H54O52/c83-23-1-14(2-24(84)45(23)93)71(112)133-81-70-68(130-77(118)20-9-30(90)50(98)57(105)39(20)41-22(79(120)132-70)11-32(92)52(100)59(41)107)65-35(126-81)13-123-74(115)17-6-27(87)53(101)60(108)42(17)43-44(80(121)128-65)66(63(111)62(110)61(43)109)124-33-4-15(3-25(85)46(33)94)72(113)134-82-69-67(129-76(117)19-8-29(89)49(97)56(104)38(19)40-21(78(119)131-69)10-31(91)51(99)58(40)106)64-34(125-82)12-122-73(114)16-5-26(86)47(95)54(102)36(16)37-18(75(116)127-64)7-28(88)48(96)55(37)103/h1-11,34-35,64-65,67-70,81-111H,12-13H2/t34-,35-,64-,65-,67+,68+,69+,70+,81-,82+/m1/s1. The number of fused-ring (bicyclic) bond motifs is 18. The molecule has 29 N–H and O–H groups in total. The van der Waals surface area contributed by atoms with E-state index in [0.717, 1.165) is 0 Å². The van der Waals surface area contributed by atoms with Crippen LogP contribution in [0.3, 0.4) is 0 Å². The third kappa shape index (κ3) is 13.9. The molecule has 10 aromatic carbocycles. The van der Waals surface area contributed by atoms with Gasteiger partial charge in [0.15, 0.2) is 145 Å². The zero-order valence-electron chi connectivity index (χ0n) is 65.4. The van der Waals surface area contributed by atoms with Crippen LogP contribution in [0.5, 0.6) is 178 Å². The maximum Gasteiger partial charge on any atom is 0.343 e. The Morgan fingerprint density at radius 1 is 0.231 bits per heavy atom. The minimum absolute atomic E-state index is 0.174. The van der Waals surface area contributed by atoms with Crippen LogP contribution in [-0.2, 0) is 56.8 Å². The second-order valence-electron chi connectivity index (χ2n) is 29.4. The Balaban J connectivity index is 0.849. The molecule has 0 aliphatic carbocycles. The predicted octanol–water partition coefficient (Wildman–Crippen LogP) is 3.69. The van der Waals surface area contributed by atoms with Crippen LogP contribution in [0, 0.1) is 0 Å². The van der Waals surface area contributed by atoms with Gasteiger partial charge in [0, 0.05) is 38.9 Å². The lowest BCUT2D eigenvalue weighted by Gasteiger charge is -2.44. The van der Waals surface area contributed by atoms with E-state index in [0.29, 0.717) is 18.2 Å². The normalized spacial score (nSPS) is 20.1. The second kappa shape index (κ2) is 31.7. The van der Waals surface area contributed by atoms with E-state index in [1.165, 1.54) is 0 Å². The number of phenols is 29. The number of phenolic OH excluding ortho intramolecular Hbond substituents is 29. The molecular formula is C82H54O52. The van der Waals surface area contributed by atoms with Crippen LogP contribution >= 0.6 is 0 Å². The van der Waals surface area contributed by atoms with Crippen LogP contribution in [0.4, 0.5) is 0 Å². The molecule has 0 unspecified atom stereocenters. The zero-order chi connectivity index (χ0) is 97.2. The first-order valence-electron chi connectivity index (χ1n) is 37.2. The summed E-state index contributed by atoms with van der Waals surface area (Å²) in [5.41, 5.74) is -24.4. The van der Waals surface area contributed by atoms with E-state index in [9.17, 15) is 162 Å². The quantitative estimate of drug-likeness (QED) is 0.0641. The number of aromatic hydroxyl groups is 29. The zero-order valence-corrected chi connectivity index (χ0v) is 65.4. The van der Waals surface area contributed by atoms with Crippen LogP contribution in [0.15, 0.2) is 66.7 Å². The molecule has 6 aliphatic heterocycles. The van der Waals surface area contributed by atoms with Gasteiger partial charge in [-0.3, -0.25) is 0 Å². The van der Waals surface area contributed by atoms with Gasteiger partial charge < -0.3 is 210 Å². The Hall–Kier alpha value is -19.2. The minimum atomic E-state index is -3.05. The Bertz CT molecular complexity index is 6960. The number of hydrogen-bond acceptors (Lipinski definition) is 52. The number of ether oxygens (including phenoxy) is 13. The smallest absolute Gasteiger partial charge is 0.343 e. The van der Waals surface area contributed by atoms with E-state index in [1.54, 1.807) is 0 Å². The monoisotopic (exact) mass is 1870 g/mol. The molecule has 0 spiro atoms. The number of hydrogen-bond donors (Lipinski definition) is 29. The van der Waals surface area contributed by atoms with Crippen molar-refractivity contribution in [1.29, 1.82) is 0 Å². The van der Waals surface area contributed by atoms with E-state index in [4.69, 9.17) is 61.6 Å². The lowest BCUT2D eigenvalue weighted by Crippen LogP contribution is -2.63. The van der Waals surface area contributed by atoms with Crippen LogP contribution in [-0.4, -0.2) is 282 Å². The number of carbonyl (C=O) groups excluding carboxylic acids is 10. The van der Waals surface area contributed by atoms with Gasteiger partial charge in [0.05, 0.1) is 55.6 Å². The highest BCUT2D eigenvalue weighted by atomic mass is 16.8. The maximum absolute atomic E-state index is 16.1. The van der Waals surface area contributed by atoms with E-state index in [2.05, 4.69) is 0 Å². The highest BCUT2D eigenvalue weighted by Gasteiger charge is 2.59. The first-order chi connectivity index (χ1) is 63.1. The number of cyclic esters (lactones) is 2. The molecule has 10 atom stereocenters. The Morgan fingerprint density at radius 2 is 0.470 bits per heavy atom. The van der Waals surface area contributed by atoms with Crippen molar-refractivity contribution in [2.45, 2.75) is 61.4 Å². The van der Waals surface area contributed by atoms with Crippen molar-refractivity contribution in [2.75, 3.05) is 13.2 Å². The average molecular weight is 1870 g/mol. The molecule has 10 aromatic rings. The van der Waals surface area contributed by atoms with E-state index in [1.807, 2.05) is 0 Å². The summed E-state index contributed by atoms with van der Waals surface area (Å²) in [6, 6.07) is 3.02. The maximum atomic E-state index is 16.1. The molecule has 134 heavy (non-hydrogen) atoms. The summed E-state index contributed by atoms with van der Waals surface area (Å²) in [5, 5.41) is 324. The lowest BCUT2D eigenvalue weighted by molar-refractivity contribution is -0.283. The first-order valence-corrected chi connectivity index (χ1v) is 37.2. The van der Waals surface area contributed by atoms with Gasteiger partial charge in [0.2, 0.25) is 82.3 Å². The SMILES string of the molecule is O=C(O[C@@H]1O[C@@H]2COC(=O)c3cc(O)c(O)c(O)c3-c3c(cc(O)c(O)c3O)C(=O)O[C@H]2[C@@H]2OC(=O)c3cc(O)c(O)c(O)c3-c3c(cc(O)c(O)c3O)C(=O)O[C@H]12)c1cc(O)c(O)c(Oc2c(O)c(O)c(O)c3c2C(=O)O[C@H]2[C@@H]4OC(=O)c5cc(O)c(O)c(O)c5-c5c(cc(O)c(O)c5O)C(=O)O[C@@H]4[C@@H](OC(=O)c4cc(O)c(O)c(O)c4)O[C@@H]2COC(=O)c2cc(O)c(O)c(O)c2-3)c1. The molecular weight excluding hydrogens is 1820 g/mol. The Morgan fingerprint density at radius 3 is 0.776 bits per heavy atom. The highest BCUT2D eigenvalue weighted by molar-refractivity contribution is 6.14. The summed E-state index contributed by atoms with van der Waals surface area (Å²) in [5.74, 6) is -70.3. The summed E-state index contributed by atoms with van der Waals surface area (Å²) in [4.78, 5) is 151. The first kappa shape index (κ1) is 88.3. The summed E-state index contributed by atoms with van der Waals surface area (Å²) >= 11 is 0. The number of rotatable bonds is 6. The van der Waals surface area contributed by atoms with Gasteiger partial charge in [-0.2, -0.15) is 0 Å². The van der Waals surface area contributed by atoms with Crippen LogP contribution in [0.25, 0.3) is 44.5 Å². The fourth-order valence-corrected chi connectivity index (χ4v) is 15.2. The molecule has 0 bridgehead atoms. The largest absolute Gasteiger partial charge is 0.504 e. The van der Waals surface area contributed by atoms with E-state index < -0.39 is 413 Å². The van der Waals surface area contributed by atoms with Crippen molar-refractivity contribution in [3.63, 3.8) is 0 Å². The molecule has 0 radical (unpaired) electrons. The molecule has 52 heteroatoms. The van der Waals surface area contributed by atoms with Crippen LogP contribution in [0.1, 0.15) is 104 Å². The number of esters is 10. The number of benzene rings is 10. The third-order valence-electron chi connectivity index (χ3n) is 21.6. The molecule has 0 saturated carbocycles. The van der Waals surface area contributed by atoms with Gasteiger partial charge in [-0.05, 0) is 66.7 Å². The summed E-state index contributed by atoms with van der Waals surface area (Å²) in [7, 11) is 0. The highest BCUT2D eigenvalue weighted by Crippen LogP contribution is 2.62. The van der Waals surface area contributed by atoms with Gasteiger partial charge in [0.1, 0.15) is 31.0 Å². The van der Waals surface area contributed by atoms with E-state index >= 15 is 33.6 Å². The predicted molar refractivity (Wildman–Crippen MR) is 413 cm³/mol. The van der Waals surface area contributed by atoms with Crippen LogP contribution < -0.4 is 4.74 Å². The van der Waals surface area contributed by atoms with Gasteiger partial charge in [-0.15, -0.1) is 0 Å². The topological polar surface area (TPSA) is 877 Å². The van der Waals surface area contributed by atoms with Crippen molar-refractivity contribution < 1.29 is 258 Å². The van der Waals surface area contributed by atoms with Crippen molar-refractivity contribution in [1.82, 2.24) is 0 Å². The fraction of sp³-hybridized carbons (Fsp3) is 0.146. The summed E-state index contributed by atoms with van der Waals surface area (Å²) in [6.07, 6.45) is -28.7. The van der Waals surface area contributed by atoms with Gasteiger partial charge in [-0.25, -0.2) is 47.9 Å². The minimum Gasteiger partial charge on any atom is -0.504 e. The van der Waals surface area contributed by atoms with Gasteiger partial charge >= 0.3 is 59.7 Å². The molecule has 694 valence electrons. The molecule has 0 aromatic heterocycles. The molecule has 2 fully saturated rings. The van der Waals surface area contributed by atoms with Crippen LogP contribution in [0.2, 0.25) is 0 Å². The third-order valence-corrected chi connectivity index (χ3v) is 21.6. The van der Waals surface area contributed by atoms with Crippen molar-refractivity contribution in [2.24, 2.45) is 0 Å². The summed E-state index contributed by atoms with van der Waals surface area (Å²) < 4.78 is 74.9. The number of carbonyl (C=O) groups is 10. The fourth-order valence-electron chi connectivity index (χ4n) is 15.2. The molecule has 6 heterocycles. The van der Waals surface area contributed by atoms with Gasteiger partial charge in [-0.1, -0.05) is 0 Å². The van der Waals surface area contributed by atoms with Crippen molar-refractivity contribution in [3.05, 3.63) is 122 Å². The Labute approximate surface area is 734 Å². The average Bonchev–Trinajstić information content (AvgIpc) is 0.886. The molecule has 52 nitrogen and oxygen atoms in total. The molecule has 6 aliphatic rings. The lowest BCUT2D eigenvalue weighted by atomic mass is 9.90. The molecule has 16 rings (SSSR count). The second-order valence-corrected chi connectivity index (χ2v) is 29.4. The molecule has 0 amide bonds. The van der Waals surface area contributed by atoms with Gasteiger partial charge in [0.25, 0.3) is 0 Å².